The number of piperidine rings is 1. The van der Waals surface area contributed by atoms with E-state index >= 15 is 0 Å². The lowest BCUT2D eigenvalue weighted by atomic mass is 10.0. The summed E-state index contributed by atoms with van der Waals surface area (Å²) < 4.78 is 1.85. The standard InChI is InChI=1S/C22H30N4O3/c1-22(2,29)21(28)25-15-12-18(13-16-25)26-19(11-14-23-26)24-20(27)10-6-9-17-7-4-3-5-8-17/h3-5,7-8,11,14,18,29H,6,9-10,12-13,15-16H2,1-2H3,(H,24,27). The number of carbonyl (C=O) groups is 2. The highest BCUT2D eigenvalue weighted by atomic mass is 16.3. The van der Waals surface area contributed by atoms with Crippen LogP contribution < -0.4 is 5.32 Å². The molecule has 156 valence electrons. The molecule has 1 fully saturated rings. The zero-order valence-electron chi connectivity index (χ0n) is 17.2. The number of aliphatic hydroxyl groups is 1. The van der Waals surface area contributed by atoms with Crippen LogP contribution in [0.5, 0.6) is 0 Å². The van der Waals surface area contributed by atoms with Crippen molar-refractivity contribution in [2.75, 3.05) is 18.4 Å². The van der Waals surface area contributed by atoms with Crippen molar-refractivity contribution in [1.29, 1.82) is 0 Å². The van der Waals surface area contributed by atoms with Crippen molar-refractivity contribution in [3.8, 4) is 0 Å². The van der Waals surface area contributed by atoms with Gasteiger partial charge in [-0.3, -0.25) is 9.59 Å². The zero-order chi connectivity index (χ0) is 20.9. The molecule has 1 aliphatic rings. The normalized spacial score (nSPS) is 15.3. The van der Waals surface area contributed by atoms with Crippen LogP contribution in [0.3, 0.4) is 0 Å². The molecule has 0 spiro atoms. The molecule has 1 aromatic carbocycles. The van der Waals surface area contributed by atoms with E-state index in [1.165, 1.54) is 19.4 Å². The molecule has 0 unspecified atom stereocenters. The van der Waals surface area contributed by atoms with Crippen LogP contribution in [0, 0.1) is 0 Å². The van der Waals surface area contributed by atoms with E-state index in [1.54, 1.807) is 11.1 Å². The van der Waals surface area contributed by atoms with Crippen molar-refractivity contribution < 1.29 is 14.7 Å². The Balaban J connectivity index is 1.49. The van der Waals surface area contributed by atoms with E-state index in [-0.39, 0.29) is 17.9 Å². The average Bonchev–Trinajstić information content (AvgIpc) is 3.15. The molecule has 0 atom stereocenters. The molecule has 2 aromatic rings. The maximum Gasteiger partial charge on any atom is 0.253 e. The van der Waals surface area contributed by atoms with Gasteiger partial charge in [0.15, 0.2) is 0 Å². The summed E-state index contributed by atoms with van der Waals surface area (Å²) in [6, 6.07) is 12.1. The highest BCUT2D eigenvalue weighted by molar-refractivity contribution is 5.89. The minimum atomic E-state index is -1.35. The minimum absolute atomic E-state index is 0.0164. The fraction of sp³-hybridized carbons (Fsp3) is 0.500. The van der Waals surface area contributed by atoms with Gasteiger partial charge in [0, 0.05) is 25.6 Å². The fourth-order valence-electron chi connectivity index (χ4n) is 3.71. The molecule has 1 saturated heterocycles. The number of likely N-dealkylation sites (tertiary alicyclic amines) is 1. The van der Waals surface area contributed by atoms with Gasteiger partial charge in [-0.05, 0) is 45.1 Å². The highest BCUT2D eigenvalue weighted by Crippen LogP contribution is 2.26. The number of rotatable bonds is 7. The first-order valence-electron chi connectivity index (χ1n) is 10.2. The first-order chi connectivity index (χ1) is 13.8. The van der Waals surface area contributed by atoms with Crippen molar-refractivity contribution in [2.24, 2.45) is 0 Å². The SMILES string of the molecule is CC(C)(O)C(=O)N1CCC(n2nccc2NC(=O)CCCc2ccccc2)CC1. The fourth-order valence-corrected chi connectivity index (χ4v) is 3.71. The van der Waals surface area contributed by atoms with Gasteiger partial charge in [-0.1, -0.05) is 30.3 Å². The lowest BCUT2D eigenvalue weighted by Crippen LogP contribution is -2.48. The minimum Gasteiger partial charge on any atom is -0.381 e. The van der Waals surface area contributed by atoms with E-state index in [2.05, 4.69) is 22.5 Å². The Morgan fingerprint density at radius 3 is 2.52 bits per heavy atom. The molecular formula is C22H30N4O3. The van der Waals surface area contributed by atoms with Crippen molar-refractivity contribution in [3.63, 3.8) is 0 Å². The Kier molecular flexibility index (Phi) is 6.69. The number of hydrogen-bond acceptors (Lipinski definition) is 4. The van der Waals surface area contributed by atoms with E-state index in [1.807, 2.05) is 28.9 Å². The zero-order valence-corrected chi connectivity index (χ0v) is 17.2. The number of hydrogen-bond donors (Lipinski definition) is 2. The Bertz CT molecular complexity index is 818. The monoisotopic (exact) mass is 398 g/mol. The Labute approximate surface area is 171 Å². The number of anilines is 1. The molecular weight excluding hydrogens is 368 g/mol. The second-order valence-corrected chi connectivity index (χ2v) is 8.13. The van der Waals surface area contributed by atoms with E-state index < -0.39 is 5.60 Å². The maximum atomic E-state index is 12.4. The third kappa shape index (κ3) is 5.67. The lowest BCUT2D eigenvalue weighted by Gasteiger charge is -2.35. The summed E-state index contributed by atoms with van der Waals surface area (Å²) in [6.07, 6.45) is 5.29. The highest BCUT2D eigenvalue weighted by Gasteiger charge is 2.33. The average molecular weight is 399 g/mol. The summed E-state index contributed by atoms with van der Waals surface area (Å²) in [4.78, 5) is 26.3. The summed E-state index contributed by atoms with van der Waals surface area (Å²) >= 11 is 0. The van der Waals surface area contributed by atoms with Crippen LogP contribution in [0.15, 0.2) is 42.6 Å². The van der Waals surface area contributed by atoms with Gasteiger partial charge >= 0.3 is 0 Å². The van der Waals surface area contributed by atoms with Crippen LogP contribution in [0.1, 0.15) is 51.1 Å². The maximum absolute atomic E-state index is 12.4. The first kappa shape index (κ1) is 21.0. The molecule has 1 aliphatic heterocycles. The molecule has 1 aromatic heterocycles. The van der Waals surface area contributed by atoms with Crippen LogP contribution in [-0.4, -0.2) is 50.3 Å². The second-order valence-electron chi connectivity index (χ2n) is 8.13. The number of aryl methyl sites for hydroxylation is 1. The Morgan fingerprint density at radius 1 is 1.17 bits per heavy atom. The van der Waals surface area contributed by atoms with Gasteiger partial charge in [-0.2, -0.15) is 5.10 Å². The molecule has 3 rings (SSSR count). The predicted molar refractivity (Wildman–Crippen MR) is 111 cm³/mol. The lowest BCUT2D eigenvalue weighted by molar-refractivity contribution is -0.149. The number of aromatic nitrogens is 2. The van der Waals surface area contributed by atoms with Crippen LogP contribution >= 0.6 is 0 Å². The van der Waals surface area contributed by atoms with E-state index in [0.29, 0.717) is 25.3 Å². The summed E-state index contributed by atoms with van der Waals surface area (Å²) in [6.45, 7) is 4.16. The molecule has 29 heavy (non-hydrogen) atoms. The van der Waals surface area contributed by atoms with Crippen LogP contribution in [0.25, 0.3) is 0 Å². The van der Waals surface area contributed by atoms with Crippen molar-refractivity contribution in [3.05, 3.63) is 48.2 Å². The summed E-state index contributed by atoms with van der Waals surface area (Å²) in [7, 11) is 0. The first-order valence-corrected chi connectivity index (χ1v) is 10.2. The smallest absolute Gasteiger partial charge is 0.253 e. The molecule has 2 amide bonds. The largest absolute Gasteiger partial charge is 0.381 e. The van der Waals surface area contributed by atoms with Gasteiger partial charge in [0.05, 0.1) is 12.2 Å². The van der Waals surface area contributed by atoms with E-state index in [9.17, 15) is 14.7 Å². The van der Waals surface area contributed by atoms with Gasteiger partial charge in [-0.15, -0.1) is 0 Å². The number of carbonyl (C=O) groups excluding carboxylic acids is 2. The molecule has 0 radical (unpaired) electrons. The van der Waals surface area contributed by atoms with Crippen LogP contribution in [-0.2, 0) is 16.0 Å². The van der Waals surface area contributed by atoms with Crippen LogP contribution in [0.4, 0.5) is 5.82 Å². The molecule has 0 bridgehead atoms. The third-order valence-corrected chi connectivity index (χ3v) is 5.27. The number of nitrogens with one attached hydrogen (secondary N) is 1. The van der Waals surface area contributed by atoms with Gasteiger partial charge in [0.25, 0.3) is 5.91 Å². The second kappa shape index (κ2) is 9.22. The molecule has 7 heteroatoms. The van der Waals surface area contributed by atoms with Crippen LogP contribution in [0.2, 0.25) is 0 Å². The summed E-state index contributed by atoms with van der Waals surface area (Å²) in [5.41, 5.74) is -0.116. The van der Waals surface area contributed by atoms with Gasteiger partial charge in [0.2, 0.25) is 5.91 Å². The van der Waals surface area contributed by atoms with Crippen molar-refractivity contribution in [2.45, 2.75) is 57.6 Å². The van der Waals surface area contributed by atoms with Crippen molar-refractivity contribution in [1.82, 2.24) is 14.7 Å². The van der Waals surface area contributed by atoms with Gasteiger partial charge in [-0.25, -0.2) is 4.68 Å². The number of amides is 2. The molecule has 2 heterocycles. The topological polar surface area (TPSA) is 87.5 Å². The molecule has 0 saturated carbocycles. The third-order valence-electron chi connectivity index (χ3n) is 5.27. The summed E-state index contributed by atoms with van der Waals surface area (Å²) in [5, 5.41) is 17.3. The Hall–Kier alpha value is -2.67. The van der Waals surface area contributed by atoms with E-state index in [0.717, 1.165) is 25.7 Å². The quantitative estimate of drug-likeness (QED) is 0.751. The molecule has 7 nitrogen and oxygen atoms in total. The van der Waals surface area contributed by atoms with Crippen molar-refractivity contribution >= 4 is 17.6 Å². The van der Waals surface area contributed by atoms with Gasteiger partial charge < -0.3 is 15.3 Å². The predicted octanol–water partition coefficient (Wildman–Crippen LogP) is 2.78. The number of nitrogens with zero attached hydrogens (tertiary/aromatic N) is 3. The van der Waals surface area contributed by atoms with Gasteiger partial charge in [0.1, 0.15) is 11.4 Å². The molecule has 2 N–H and O–H groups in total. The van der Waals surface area contributed by atoms with E-state index in [4.69, 9.17) is 0 Å². The molecule has 0 aliphatic carbocycles. The number of benzene rings is 1. The summed E-state index contributed by atoms with van der Waals surface area (Å²) in [5.74, 6) is 0.433. The Morgan fingerprint density at radius 2 is 1.86 bits per heavy atom.